The first-order valence-corrected chi connectivity index (χ1v) is 10.2. The van der Waals surface area contributed by atoms with Crippen LogP contribution in [0.5, 0.6) is 0 Å². The molecule has 2 unspecified atom stereocenters. The maximum atomic E-state index is 12.9. The molecule has 1 aromatic rings. The quantitative estimate of drug-likeness (QED) is 0.699. The van der Waals surface area contributed by atoms with Crippen LogP contribution in [0, 0.1) is 0 Å². The third kappa shape index (κ3) is 3.85. The lowest BCUT2D eigenvalue weighted by Gasteiger charge is -2.42. The van der Waals surface area contributed by atoms with Gasteiger partial charge in [-0.1, -0.05) is 0 Å². The van der Waals surface area contributed by atoms with Crippen molar-refractivity contribution >= 4 is 35.4 Å². The number of hydrogen-bond acceptors (Lipinski definition) is 7. The summed E-state index contributed by atoms with van der Waals surface area (Å²) >= 11 is 0. The second kappa shape index (κ2) is 7.36. The van der Waals surface area contributed by atoms with Gasteiger partial charge in [0.2, 0.25) is 11.8 Å². The molecule has 3 aliphatic rings. The van der Waals surface area contributed by atoms with Crippen molar-refractivity contribution in [1.29, 1.82) is 0 Å². The lowest BCUT2D eigenvalue weighted by molar-refractivity contribution is -0.136. The van der Waals surface area contributed by atoms with Crippen LogP contribution in [0.3, 0.4) is 0 Å². The molecule has 0 radical (unpaired) electrons. The lowest BCUT2D eigenvalue weighted by atomic mass is 10.0. The number of ether oxygens (including phenoxy) is 1. The van der Waals surface area contributed by atoms with Gasteiger partial charge in [-0.3, -0.25) is 34.3 Å². The molecule has 10 nitrogen and oxygen atoms in total. The molecule has 0 bridgehead atoms. The molecule has 0 spiro atoms. The van der Waals surface area contributed by atoms with E-state index < -0.39 is 41.4 Å². The Morgan fingerprint density at radius 1 is 1.10 bits per heavy atom. The Morgan fingerprint density at radius 3 is 2.42 bits per heavy atom. The van der Waals surface area contributed by atoms with Gasteiger partial charge in [0, 0.05) is 25.1 Å². The number of nitrogens with one attached hydrogen (secondary N) is 2. The van der Waals surface area contributed by atoms with E-state index in [1.165, 1.54) is 6.07 Å². The third-order valence-electron chi connectivity index (χ3n) is 5.42. The number of likely N-dealkylation sites (tertiary alicyclic amines) is 1. The van der Waals surface area contributed by atoms with E-state index in [0.29, 0.717) is 18.7 Å². The van der Waals surface area contributed by atoms with E-state index >= 15 is 0 Å². The Balaban J connectivity index is 1.48. The zero-order valence-corrected chi connectivity index (χ0v) is 17.6. The highest BCUT2D eigenvalue weighted by atomic mass is 16.6. The molecule has 3 aliphatic heterocycles. The van der Waals surface area contributed by atoms with E-state index in [-0.39, 0.29) is 30.1 Å². The summed E-state index contributed by atoms with van der Waals surface area (Å²) in [7, 11) is 0. The molecule has 10 heteroatoms. The molecule has 0 saturated carbocycles. The second-order valence-electron chi connectivity index (χ2n) is 8.83. The van der Waals surface area contributed by atoms with E-state index in [9.17, 15) is 24.0 Å². The normalized spacial score (nSPS) is 23.3. The van der Waals surface area contributed by atoms with E-state index in [4.69, 9.17) is 4.74 Å². The minimum absolute atomic E-state index is 0.0683. The first kappa shape index (κ1) is 20.8. The zero-order valence-electron chi connectivity index (χ0n) is 17.6. The molecule has 2 saturated heterocycles. The van der Waals surface area contributed by atoms with Crippen LogP contribution >= 0.6 is 0 Å². The van der Waals surface area contributed by atoms with E-state index in [1.54, 1.807) is 37.8 Å². The van der Waals surface area contributed by atoms with Gasteiger partial charge >= 0.3 is 6.09 Å². The Morgan fingerprint density at radius 2 is 1.81 bits per heavy atom. The van der Waals surface area contributed by atoms with Crippen molar-refractivity contribution in [3.8, 4) is 0 Å². The van der Waals surface area contributed by atoms with Crippen LogP contribution in [0.2, 0.25) is 0 Å². The predicted octanol–water partition coefficient (Wildman–Crippen LogP) is 1.47. The van der Waals surface area contributed by atoms with Crippen molar-refractivity contribution in [2.45, 2.75) is 57.8 Å². The summed E-state index contributed by atoms with van der Waals surface area (Å²) < 4.78 is 5.39. The molecular weight excluding hydrogens is 404 g/mol. The lowest BCUT2D eigenvalue weighted by Crippen LogP contribution is -2.56. The number of carbonyl (C=O) groups excluding carboxylic acids is 5. The van der Waals surface area contributed by atoms with Gasteiger partial charge in [0.15, 0.2) is 0 Å². The maximum Gasteiger partial charge on any atom is 0.411 e. The van der Waals surface area contributed by atoms with Gasteiger partial charge in [0.1, 0.15) is 17.8 Å². The van der Waals surface area contributed by atoms with Gasteiger partial charge in [-0.15, -0.1) is 0 Å². The first-order valence-electron chi connectivity index (χ1n) is 10.2. The number of carbonyl (C=O) groups is 5. The van der Waals surface area contributed by atoms with Crippen molar-refractivity contribution in [3.05, 3.63) is 29.3 Å². The van der Waals surface area contributed by atoms with Crippen LogP contribution in [-0.2, 0) is 14.3 Å². The Bertz CT molecular complexity index is 998. The van der Waals surface area contributed by atoms with Crippen LogP contribution in [0.15, 0.2) is 18.2 Å². The highest BCUT2D eigenvalue weighted by Crippen LogP contribution is 2.31. The van der Waals surface area contributed by atoms with Crippen LogP contribution in [0.4, 0.5) is 10.5 Å². The third-order valence-corrected chi connectivity index (χ3v) is 5.42. The summed E-state index contributed by atoms with van der Waals surface area (Å²) in [6.45, 7) is 5.94. The fraction of sp³-hybridized carbons (Fsp3) is 0.476. The van der Waals surface area contributed by atoms with Crippen molar-refractivity contribution in [1.82, 2.24) is 15.1 Å². The monoisotopic (exact) mass is 428 g/mol. The van der Waals surface area contributed by atoms with Crippen molar-refractivity contribution in [2.75, 3.05) is 11.9 Å². The van der Waals surface area contributed by atoms with Gasteiger partial charge in [-0.25, -0.2) is 4.79 Å². The number of fused-ring (bicyclic) bond motifs is 1. The first-order chi connectivity index (χ1) is 14.5. The van der Waals surface area contributed by atoms with Gasteiger partial charge in [0.25, 0.3) is 11.8 Å². The molecule has 0 aromatic heterocycles. The van der Waals surface area contributed by atoms with Gasteiger partial charge in [-0.05, 0) is 45.4 Å². The SMILES string of the molecule is CC(C)(C)OC(=O)N1CCC1Nc1ccc2c(c1)C(=O)N(C1CCC(=O)NC1=O)C2=O. The molecule has 3 heterocycles. The minimum atomic E-state index is -1.00. The zero-order chi connectivity index (χ0) is 22.5. The highest BCUT2D eigenvalue weighted by Gasteiger charge is 2.45. The summed E-state index contributed by atoms with van der Waals surface area (Å²) in [5.74, 6) is -2.19. The molecule has 2 N–H and O–H groups in total. The Labute approximate surface area is 178 Å². The predicted molar refractivity (Wildman–Crippen MR) is 108 cm³/mol. The average molecular weight is 428 g/mol. The molecule has 2 atom stereocenters. The van der Waals surface area contributed by atoms with Crippen molar-refractivity contribution in [2.24, 2.45) is 0 Å². The number of amides is 5. The number of nitrogens with zero attached hydrogens (tertiary/aromatic N) is 2. The summed E-state index contributed by atoms with van der Waals surface area (Å²) in [4.78, 5) is 64.0. The van der Waals surface area contributed by atoms with Crippen LogP contribution < -0.4 is 10.6 Å². The number of benzene rings is 1. The molecule has 0 aliphatic carbocycles. The average Bonchev–Trinajstić information content (AvgIpc) is 2.88. The smallest absolute Gasteiger partial charge is 0.411 e. The summed E-state index contributed by atoms with van der Waals surface area (Å²) in [6.07, 6.45) is 0.178. The molecular formula is C21H24N4O6. The number of piperidine rings is 1. The van der Waals surface area contributed by atoms with Crippen LogP contribution in [0.25, 0.3) is 0 Å². The van der Waals surface area contributed by atoms with E-state index in [1.807, 2.05) is 0 Å². The van der Waals surface area contributed by atoms with Gasteiger partial charge in [0.05, 0.1) is 11.1 Å². The van der Waals surface area contributed by atoms with Crippen molar-refractivity contribution in [3.63, 3.8) is 0 Å². The minimum Gasteiger partial charge on any atom is -0.444 e. The number of rotatable bonds is 3. The van der Waals surface area contributed by atoms with Crippen LogP contribution in [0.1, 0.15) is 60.7 Å². The molecule has 164 valence electrons. The highest BCUT2D eigenvalue weighted by molar-refractivity contribution is 6.23. The second-order valence-corrected chi connectivity index (χ2v) is 8.83. The topological polar surface area (TPSA) is 125 Å². The fourth-order valence-corrected chi connectivity index (χ4v) is 3.83. The summed E-state index contributed by atoms with van der Waals surface area (Å²) in [5, 5.41) is 5.36. The summed E-state index contributed by atoms with van der Waals surface area (Å²) in [5.41, 5.74) is 0.362. The molecule has 5 amide bonds. The largest absolute Gasteiger partial charge is 0.444 e. The maximum absolute atomic E-state index is 12.9. The molecule has 1 aromatic carbocycles. The molecule has 2 fully saturated rings. The van der Waals surface area contributed by atoms with Crippen molar-refractivity contribution < 1.29 is 28.7 Å². The number of anilines is 1. The van der Waals surface area contributed by atoms with Crippen LogP contribution in [-0.4, -0.2) is 63.9 Å². The van der Waals surface area contributed by atoms with E-state index in [0.717, 1.165) is 4.90 Å². The Hall–Kier alpha value is -3.43. The molecule has 4 rings (SSSR count). The van der Waals surface area contributed by atoms with E-state index in [2.05, 4.69) is 10.6 Å². The fourth-order valence-electron chi connectivity index (χ4n) is 3.83. The summed E-state index contributed by atoms with van der Waals surface area (Å²) in [6, 6.07) is 3.73. The number of hydrogen-bond donors (Lipinski definition) is 2. The van der Waals surface area contributed by atoms with Gasteiger partial charge < -0.3 is 10.1 Å². The molecule has 31 heavy (non-hydrogen) atoms. The number of imide groups is 2. The van der Waals surface area contributed by atoms with Gasteiger partial charge in [-0.2, -0.15) is 0 Å². The standard InChI is InChI=1S/C21H24N4O6/c1-21(2,3)31-20(30)24-9-8-15(24)22-11-4-5-12-13(10-11)19(29)25(18(12)28)14-6-7-16(26)23-17(14)27/h4-5,10,14-15,22H,6-9H2,1-3H3,(H,23,26,27). The Kier molecular flexibility index (Phi) is 4.95.